The average Bonchev–Trinajstić information content (AvgIpc) is 3.02. The summed E-state index contributed by atoms with van der Waals surface area (Å²) in [4.78, 5) is 10.1. The van der Waals surface area contributed by atoms with Crippen LogP contribution in [0.1, 0.15) is 24.8 Å². The molecule has 1 saturated carbocycles. The second-order valence-corrected chi connectivity index (χ2v) is 4.57. The van der Waals surface area contributed by atoms with E-state index in [-0.39, 0.29) is 16.7 Å². The molecule has 0 spiro atoms. The Morgan fingerprint density at radius 2 is 2.00 bits per heavy atom. The minimum absolute atomic E-state index is 0.138. The van der Waals surface area contributed by atoms with Gasteiger partial charge in [-0.2, -0.15) is 0 Å². The molecule has 0 radical (unpaired) electrons. The summed E-state index contributed by atoms with van der Waals surface area (Å²) in [5.41, 5.74) is 7.23. The Labute approximate surface area is 94.6 Å². The fourth-order valence-electron chi connectivity index (χ4n) is 1.92. The highest BCUT2D eigenvalue weighted by Gasteiger charge is 2.23. The van der Waals surface area contributed by atoms with Gasteiger partial charge in [-0.25, -0.2) is 0 Å². The molecule has 86 valence electrons. The molecule has 1 atom stereocenters. The van der Waals surface area contributed by atoms with E-state index in [4.69, 9.17) is 5.73 Å². The van der Waals surface area contributed by atoms with Gasteiger partial charge < -0.3 is 5.73 Å². The van der Waals surface area contributed by atoms with Crippen LogP contribution in [0, 0.1) is 16.0 Å². The van der Waals surface area contributed by atoms with E-state index in [9.17, 15) is 10.1 Å². The summed E-state index contributed by atoms with van der Waals surface area (Å²) in [6.45, 7) is 0. The molecule has 0 heterocycles. The Kier molecular flexibility index (Phi) is 3.19. The minimum atomic E-state index is -0.381. The van der Waals surface area contributed by atoms with Crippen molar-refractivity contribution in [3.63, 3.8) is 0 Å². The number of rotatable bonds is 5. The van der Waals surface area contributed by atoms with E-state index in [0.717, 1.165) is 24.3 Å². The zero-order valence-corrected chi connectivity index (χ0v) is 9.13. The van der Waals surface area contributed by atoms with Crippen LogP contribution in [0.25, 0.3) is 0 Å². The number of benzene rings is 1. The first-order valence-electron chi connectivity index (χ1n) is 5.64. The van der Waals surface area contributed by atoms with Gasteiger partial charge in [-0.15, -0.1) is 0 Å². The van der Waals surface area contributed by atoms with Crippen molar-refractivity contribution in [2.24, 2.45) is 11.7 Å². The SMILES string of the molecule is NC(Cc1ccc([N+](=O)[O-])cc1)CC1CC1. The van der Waals surface area contributed by atoms with Crippen LogP contribution in [0.2, 0.25) is 0 Å². The Hall–Kier alpha value is -1.42. The molecule has 4 heteroatoms. The number of nitrogens with two attached hydrogens (primary N) is 1. The molecule has 0 bridgehead atoms. The summed E-state index contributed by atoms with van der Waals surface area (Å²) in [5.74, 6) is 0.827. The van der Waals surface area contributed by atoms with E-state index in [0.29, 0.717) is 0 Å². The van der Waals surface area contributed by atoms with Gasteiger partial charge in [-0.3, -0.25) is 10.1 Å². The molecule has 0 aliphatic heterocycles. The maximum Gasteiger partial charge on any atom is 0.269 e. The van der Waals surface area contributed by atoms with Gasteiger partial charge in [0.1, 0.15) is 0 Å². The Balaban J connectivity index is 1.90. The summed E-state index contributed by atoms with van der Waals surface area (Å²) < 4.78 is 0. The number of hydrogen-bond donors (Lipinski definition) is 1. The number of nitro benzene ring substituents is 1. The lowest BCUT2D eigenvalue weighted by Gasteiger charge is -2.10. The van der Waals surface area contributed by atoms with Gasteiger partial charge in [-0.05, 0) is 24.3 Å². The van der Waals surface area contributed by atoms with Crippen LogP contribution in [0.5, 0.6) is 0 Å². The number of non-ortho nitro benzene ring substituents is 1. The third kappa shape index (κ3) is 3.03. The van der Waals surface area contributed by atoms with E-state index in [1.807, 2.05) is 0 Å². The molecule has 4 nitrogen and oxygen atoms in total. The smallest absolute Gasteiger partial charge is 0.269 e. The summed E-state index contributed by atoms with van der Waals surface area (Å²) in [6.07, 6.45) is 4.52. The van der Waals surface area contributed by atoms with Crippen LogP contribution < -0.4 is 5.73 Å². The first-order valence-corrected chi connectivity index (χ1v) is 5.64. The van der Waals surface area contributed by atoms with Gasteiger partial charge in [-0.1, -0.05) is 25.0 Å². The average molecular weight is 220 g/mol. The van der Waals surface area contributed by atoms with Crippen molar-refractivity contribution < 1.29 is 4.92 Å². The van der Waals surface area contributed by atoms with Gasteiger partial charge in [0, 0.05) is 18.2 Å². The first-order chi connectivity index (χ1) is 7.65. The summed E-state index contributed by atoms with van der Waals surface area (Å²) in [6, 6.07) is 6.86. The third-order valence-corrected chi connectivity index (χ3v) is 2.98. The molecule has 16 heavy (non-hydrogen) atoms. The van der Waals surface area contributed by atoms with Gasteiger partial charge in [0.2, 0.25) is 0 Å². The molecular formula is C12H16N2O2. The zero-order chi connectivity index (χ0) is 11.5. The predicted molar refractivity (Wildman–Crippen MR) is 62.1 cm³/mol. The molecule has 0 amide bonds. The molecule has 0 saturated heterocycles. The summed E-state index contributed by atoms with van der Waals surface area (Å²) >= 11 is 0. The molecule has 1 aromatic carbocycles. The van der Waals surface area contributed by atoms with Gasteiger partial charge >= 0.3 is 0 Å². The van der Waals surface area contributed by atoms with Gasteiger partial charge in [0.25, 0.3) is 5.69 Å². The molecule has 1 aliphatic rings. The quantitative estimate of drug-likeness (QED) is 0.611. The van der Waals surface area contributed by atoms with Crippen molar-refractivity contribution in [2.45, 2.75) is 31.7 Å². The molecule has 0 aromatic heterocycles. The second kappa shape index (κ2) is 4.61. The maximum absolute atomic E-state index is 10.5. The third-order valence-electron chi connectivity index (χ3n) is 2.98. The Morgan fingerprint density at radius 1 is 1.38 bits per heavy atom. The number of nitrogens with zero attached hydrogens (tertiary/aromatic N) is 1. The van der Waals surface area contributed by atoms with Crippen molar-refractivity contribution in [1.29, 1.82) is 0 Å². The molecule has 1 aliphatic carbocycles. The fraction of sp³-hybridized carbons (Fsp3) is 0.500. The van der Waals surface area contributed by atoms with Gasteiger partial charge in [0.05, 0.1) is 4.92 Å². The van der Waals surface area contributed by atoms with E-state index in [2.05, 4.69) is 0 Å². The Morgan fingerprint density at radius 3 is 2.50 bits per heavy atom. The van der Waals surface area contributed by atoms with E-state index >= 15 is 0 Å². The van der Waals surface area contributed by atoms with Crippen molar-refractivity contribution in [2.75, 3.05) is 0 Å². The van der Waals surface area contributed by atoms with Crippen molar-refractivity contribution in [3.05, 3.63) is 39.9 Å². The van der Waals surface area contributed by atoms with Crippen molar-refractivity contribution in [1.82, 2.24) is 0 Å². The lowest BCUT2D eigenvalue weighted by Crippen LogP contribution is -2.23. The Bertz CT molecular complexity index is 371. The zero-order valence-electron chi connectivity index (χ0n) is 9.13. The maximum atomic E-state index is 10.5. The van der Waals surface area contributed by atoms with E-state index < -0.39 is 0 Å². The van der Waals surface area contributed by atoms with Gasteiger partial charge in [0.15, 0.2) is 0 Å². The molecule has 2 rings (SSSR count). The number of hydrogen-bond acceptors (Lipinski definition) is 3. The topological polar surface area (TPSA) is 69.2 Å². The lowest BCUT2D eigenvalue weighted by molar-refractivity contribution is -0.384. The lowest BCUT2D eigenvalue weighted by atomic mass is 10.0. The van der Waals surface area contributed by atoms with Crippen LogP contribution in [0.15, 0.2) is 24.3 Å². The van der Waals surface area contributed by atoms with Crippen LogP contribution in [0.3, 0.4) is 0 Å². The minimum Gasteiger partial charge on any atom is -0.327 e. The van der Waals surface area contributed by atoms with Crippen LogP contribution in [0.4, 0.5) is 5.69 Å². The summed E-state index contributed by atoms with van der Waals surface area (Å²) in [5, 5.41) is 10.5. The monoisotopic (exact) mass is 220 g/mol. The standard InChI is InChI=1S/C12H16N2O2/c13-11(7-9-1-2-9)8-10-3-5-12(6-4-10)14(15)16/h3-6,9,11H,1-2,7-8,13H2. The van der Waals surface area contributed by atoms with Crippen molar-refractivity contribution in [3.8, 4) is 0 Å². The second-order valence-electron chi connectivity index (χ2n) is 4.57. The van der Waals surface area contributed by atoms with E-state index in [1.54, 1.807) is 24.3 Å². The van der Waals surface area contributed by atoms with Crippen LogP contribution in [-0.4, -0.2) is 11.0 Å². The summed E-state index contributed by atoms with van der Waals surface area (Å²) in [7, 11) is 0. The van der Waals surface area contributed by atoms with Crippen LogP contribution in [-0.2, 0) is 6.42 Å². The molecule has 1 aromatic rings. The largest absolute Gasteiger partial charge is 0.327 e. The molecular weight excluding hydrogens is 204 g/mol. The predicted octanol–water partition coefficient (Wildman–Crippen LogP) is 2.26. The highest BCUT2D eigenvalue weighted by Crippen LogP contribution is 2.33. The van der Waals surface area contributed by atoms with Crippen LogP contribution >= 0.6 is 0 Å². The highest BCUT2D eigenvalue weighted by molar-refractivity contribution is 5.33. The first kappa shape index (κ1) is 11.1. The highest BCUT2D eigenvalue weighted by atomic mass is 16.6. The number of nitro groups is 1. The van der Waals surface area contributed by atoms with Crippen molar-refractivity contribution >= 4 is 5.69 Å². The van der Waals surface area contributed by atoms with E-state index in [1.165, 1.54) is 12.8 Å². The fourth-order valence-corrected chi connectivity index (χ4v) is 1.92. The molecule has 1 unspecified atom stereocenters. The normalized spacial score (nSPS) is 17.1. The molecule has 1 fully saturated rings. The molecule has 2 N–H and O–H groups in total.